The van der Waals surface area contributed by atoms with Crippen LogP contribution >= 0.6 is 0 Å². The first kappa shape index (κ1) is 20.6. The van der Waals surface area contributed by atoms with Crippen LogP contribution in [0.25, 0.3) is 0 Å². The van der Waals surface area contributed by atoms with Gasteiger partial charge in [-0.2, -0.15) is 13.2 Å². The number of carbonyl (C=O) groups excluding carboxylic acids is 1. The van der Waals surface area contributed by atoms with Gasteiger partial charge in [0.1, 0.15) is 5.82 Å². The van der Waals surface area contributed by atoms with Crippen molar-refractivity contribution in [3.05, 3.63) is 64.6 Å². The number of carbonyl (C=O) groups is 1. The molecule has 0 aromatic carbocycles. The number of alkyl halides is 3. The molecule has 3 N–H and O–H groups in total. The predicted octanol–water partition coefficient (Wildman–Crippen LogP) is 3.46. The molecule has 0 aliphatic carbocycles. The van der Waals surface area contributed by atoms with Crippen molar-refractivity contribution in [1.82, 2.24) is 14.9 Å². The molecule has 0 bridgehead atoms. The third kappa shape index (κ3) is 4.15. The van der Waals surface area contributed by atoms with Gasteiger partial charge in [-0.25, -0.2) is 14.4 Å². The molecule has 1 unspecified atom stereocenters. The van der Waals surface area contributed by atoms with Gasteiger partial charge < -0.3 is 16.0 Å². The zero-order chi connectivity index (χ0) is 21.3. The fourth-order valence-electron chi connectivity index (χ4n) is 3.12. The van der Waals surface area contributed by atoms with Gasteiger partial charge in [0.05, 0.1) is 17.3 Å². The van der Waals surface area contributed by atoms with Crippen molar-refractivity contribution in [1.29, 1.82) is 0 Å². The number of aryl methyl sites for hydroxylation is 1. The van der Waals surface area contributed by atoms with E-state index in [-0.39, 0.29) is 6.54 Å². The molecule has 29 heavy (non-hydrogen) atoms. The second-order valence-corrected chi connectivity index (χ2v) is 6.72. The van der Waals surface area contributed by atoms with Gasteiger partial charge in [0, 0.05) is 31.1 Å². The summed E-state index contributed by atoms with van der Waals surface area (Å²) in [5.41, 5.74) is 5.74. The van der Waals surface area contributed by atoms with Crippen LogP contribution in [0.2, 0.25) is 0 Å². The fraction of sp³-hybridized carbons (Fsp3) is 0.316. The Bertz CT molecular complexity index is 973. The minimum Gasteiger partial charge on any atom is -0.399 e. The molecule has 3 heterocycles. The van der Waals surface area contributed by atoms with E-state index in [9.17, 15) is 22.4 Å². The van der Waals surface area contributed by atoms with Crippen molar-refractivity contribution in [2.75, 3.05) is 11.9 Å². The van der Waals surface area contributed by atoms with Gasteiger partial charge >= 0.3 is 6.18 Å². The van der Waals surface area contributed by atoms with Gasteiger partial charge in [0.2, 0.25) is 0 Å². The maximum absolute atomic E-state index is 14.3. The first-order chi connectivity index (χ1) is 13.6. The average Bonchev–Trinajstić information content (AvgIpc) is 2.64. The molecule has 6 nitrogen and oxygen atoms in total. The van der Waals surface area contributed by atoms with E-state index in [2.05, 4.69) is 15.3 Å². The number of anilines is 1. The largest absolute Gasteiger partial charge is 0.436 e. The van der Waals surface area contributed by atoms with Crippen LogP contribution in [0, 0.1) is 12.7 Å². The fourth-order valence-corrected chi connectivity index (χ4v) is 3.12. The van der Waals surface area contributed by atoms with Crippen LogP contribution in [0.1, 0.15) is 35.0 Å². The molecular weight excluding hydrogens is 390 g/mol. The van der Waals surface area contributed by atoms with Crippen LogP contribution < -0.4 is 11.1 Å². The molecule has 3 rings (SSSR count). The quantitative estimate of drug-likeness (QED) is 0.759. The summed E-state index contributed by atoms with van der Waals surface area (Å²) in [6.07, 6.45) is -2.27. The molecule has 2 aromatic heterocycles. The molecule has 2 aromatic rings. The lowest BCUT2D eigenvalue weighted by Gasteiger charge is -2.35. The minimum atomic E-state index is -5.00. The average molecular weight is 409 g/mol. The molecule has 0 saturated carbocycles. The van der Waals surface area contributed by atoms with Gasteiger partial charge in [0.25, 0.3) is 5.91 Å². The van der Waals surface area contributed by atoms with E-state index >= 15 is 0 Å². The molecule has 1 aliphatic rings. The summed E-state index contributed by atoms with van der Waals surface area (Å²) in [6, 6.07) is 3.95. The number of nitrogens with zero attached hydrogens (tertiary/aromatic N) is 3. The molecule has 1 amide bonds. The molecule has 0 saturated heterocycles. The lowest BCUT2D eigenvalue weighted by Crippen LogP contribution is -2.46. The summed E-state index contributed by atoms with van der Waals surface area (Å²) in [4.78, 5) is 21.2. The van der Waals surface area contributed by atoms with E-state index in [1.165, 1.54) is 4.90 Å². The predicted molar refractivity (Wildman–Crippen MR) is 98.1 cm³/mol. The van der Waals surface area contributed by atoms with Gasteiger partial charge in [-0.05, 0) is 37.6 Å². The molecule has 10 heteroatoms. The van der Waals surface area contributed by atoms with Crippen LogP contribution in [0.15, 0.2) is 42.0 Å². The van der Waals surface area contributed by atoms with Crippen LogP contribution in [-0.4, -0.2) is 33.4 Å². The first-order valence-electron chi connectivity index (χ1n) is 8.80. The van der Waals surface area contributed by atoms with E-state index in [1.54, 1.807) is 13.1 Å². The zero-order valence-corrected chi connectivity index (χ0v) is 15.7. The standard InChI is InChI=1S/C19H19F4N5O/c1-10-3-6-25-14(9-10)27-13-5-8-28(11(2)16(13)24)18(29)12-4-7-26-17(15(12)20)19(21,22)23/h3-4,6-7,9,11H,5,8,24H2,1-2H3,(H,25,27). The summed E-state index contributed by atoms with van der Waals surface area (Å²) in [7, 11) is 0. The lowest BCUT2D eigenvalue weighted by atomic mass is 10.0. The number of nitrogens with two attached hydrogens (primary N) is 1. The van der Waals surface area contributed by atoms with E-state index in [0.717, 1.165) is 17.8 Å². The van der Waals surface area contributed by atoms with Gasteiger partial charge in [-0.15, -0.1) is 0 Å². The molecule has 1 atom stereocenters. The van der Waals surface area contributed by atoms with Crippen molar-refractivity contribution in [3.63, 3.8) is 0 Å². The zero-order valence-electron chi connectivity index (χ0n) is 15.7. The molecule has 0 spiro atoms. The molecule has 1 aliphatic heterocycles. The summed E-state index contributed by atoms with van der Waals surface area (Å²) in [5.74, 6) is -1.98. The second-order valence-electron chi connectivity index (χ2n) is 6.72. The minimum absolute atomic E-state index is 0.151. The van der Waals surface area contributed by atoms with Crippen LogP contribution in [0.5, 0.6) is 0 Å². The van der Waals surface area contributed by atoms with Crippen molar-refractivity contribution < 1.29 is 22.4 Å². The Kier molecular flexibility index (Phi) is 5.45. The highest BCUT2D eigenvalue weighted by atomic mass is 19.4. The number of halogens is 4. The Hall–Kier alpha value is -3.17. The Morgan fingerprint density at radius 2 is 1.97 bits per heavy atom. The summed E-state index contributed by atoms with van der Waals surface area (Å²) in [5, 5.41) is 3.11. The highest BCUT2D eigenvalue weighted by Crippen LogP contribution is 2.32. The highest BCUT2D eigenvalue weighted by Gasteiger charge is 2.39. The second kappa shape index (κ2) is 7.69. The summed E-state index contributed by atoms with van der Waals surface area (Å²) in [6.45, 7) is 3.69. The summed E-state index contributed by atoms with van der Waals surface area (Å²) >= 11 is 0. The molecule has 154 valence electrons. The van der Waals surface area contributed by atoms with Gasteiger partial charge in [0.15, 0.2) is 11.5 Å². The number of hydrogen-bond acceptors (Lipinski definition) is 5. The normalized spacial score (nSPS) is 17.4. The van der Waals surface area contributed by atoms with Crippen LogP contribution in [0.4, 0.5) is 23.4 Å². The van der Waals surface area contributed by atoms with Crippen LogP contribution in [-0.2, 0) is 6.18 Å². The smallest absolute Gasteiger partial charge is 0.399 e. The molecule has 0 radical (unpaired) electrons. The number of nitrogens with one attached hydrogen (secondary N) is 1. The lowest BCUT2D eigenvalue weighted by molar-refractivity contribution is -0.143. The van der Waals surface area contributed by atoms with E-state index in [0.29, 0.717) is 23.6 Å². The monoisotopic (exact) mass is 409 g/mol. The van der Waals surface area contributed by atoms with Gasteiger partial charge in [-0.3, -0.25) is 4.79 Å². The molecule has 0 fully saturated rings. The van der Waals surface area contributed by atoms with Crippen molar-refractivity contribution in [3.8, 4) is 0 Å². The highest BCUT2D eigenvalue weighted by molar-refractivity contribution is 5.95. The number of hydrogen-bond donors (Lipinski definition) is 2. The van der Waals surface area contributed by atoms with Crippen molar-refractivity contribution in [2.24, 2.45) is 5.73 Å². The molecular formula is C19H19F4N5O. The Morgan fingerprint density at radius 3 is 2.62 bits per heavy atom. The topological polar surface area (TPSA) is 84.1 Å². The number of rotatable bonds is 3. The van der Waals surface area contributed by atoms with Crippen molar-refractivity contribution >= 4 is 11.7 Å². The maximum Gasteiger partial charge on any atom is 0.436 e. The first-order valence-corrected chi connectivity index (χ1v) is 8.80. The maximum atomic E-state index is 14.3. The van der Waals surface area contributed by atoms with Crippen LogP contribution in [0.3, 0.4) is 0 Å². The Morgan fingerprint density at radius 1 is 1.28 bits per heavy atom. The van der Waals surface area contributed by atoms with Gasteiger partial charge in [-0.1, -0.05) is 0 Å². The number of amides is 1. The third-order valence-electron chi connectivity index (χ3n) is 4.71. The number of aromatic nitrogens is 2. The van der Waals surface area contributed by atoms with E-state index in [4.69, 9.17) is 5.73 Å². The third-order valence-corrected chi connectivity index (χ3v) is 4.71. The van der Waals surface area contributed by atoms with E-state index < -0.39 is 35.2 Å². The Balaban J connectivity index is 1.85. The SMILES string of the molecule is Cc1ccnc(NC2=C(N)C(C)N(C(=O)c3ccnc(C(F)(F)F)c3F)CC2)c1. The van der Waals surface area contributed by atoms with Crippen molar-refractivity contribution in [2.45, 2.75) is 32.5 Å². The van der Waals surface area contributed by atoms with E-state index in [1.807, 2.05) is 19.1 Å². The Labute approximate surface area is 164 Å². The number of pyridine rings is 2. The summed E-state index contributed by atoms with van der Waals surface area (Å²) < 4.78 is 53.0.